The van der Waals surface area contributed by atoms with Crippen LogP contribution >= 0.6 is 15.9 Å². The summed E-state index contributed by atoms with van der Waals surface area (Å²) < 4.78 is 15.6. The Hall–Kier alpha value is -1.16. The molecule has 0 fully saturated rings. The van der Waals surface area contributed by atoms with Crippen molar-refractivity contribution < 1.29 is 4.39 Å². The van der Waals surface area contributed by atoms with E-state index in [0.717, 1.165) is 4.47 Å². The molecule has 1 aromatic heterocycles. The highest BCUT2D eigenvalue weighted by Crippen LogP contribution is 2.18. The molecule has 0 aliphatic rings. The SMILES string of the molecule is Fc1ccc(Br)cc1-n1cccn1. The second-order valence-corrected chi connectivity index (χ2v) is 3.46. The molecule has 0 amide bonds. The normalized spacial score (nSPS) is 10.3. The molecule has 0 aliphatic carbocycles. The summed E-state index contributed by atoms with van der Waals surface area (Å²) in [5.74, 6) is -0.285. The van der Waals surface area contributed by atoms with Crippen LogP contribution in [0.2, 0.25) is 0 Å². The maximum absolute atomic E-state index is 13.3. The molecule has 0 saturated carbocycles. The molecule has 2 rings (SSSR count). The minimum atomic E-state index is -0.285. The van der Waals surface area contributed by atoms with E-state index in [-0.39, 0.29) is 5.82 Å². The Morgan fingerprint density at radius 2 is 2.23 bits per heavy atom. The van der Waals surface area contributed by atoms with E-state index in [1.807, 2.05) is 0 Å². The van der Waals surface area contributed by atoms with Gasteiger partial charge in [-0.05, 0) is 24.3 Å². The molecule has 0 N–H and O–H groups in total. The Balaban J connectivity index is 2.57. The molecular formula is C9H6BrFN2. The van der Waals surface area contributed by atoms with Crippen LogP contribution in [0.5, 0.6) is 0 Å². The smallest absolute Gasteiger partial charge is 0.148 e. The van der Waals surface area contributed by atoms with E-state index in [0.29, 0.717) is 5.69 Å². The molecule has 0 radical (unpaired) electrons. The van der Waals surface area contributed by atoms with Crippen LogP contribution in [0.15, 0.2) is 41.1 Å². The van der Waals surface area contributed by atoms with Gasteiger partial charge in [0, 0.05) is 16.9 Å². The lowest BCUT2D eigenvalue weighted by Gasteiger charge is -2.02. The Labute approximate surface area is 83.1 Å². The molecule has 0 spiro atoms. The van der Waals surface area contributed by atoms with Gasteiger partial charge in [0.15, 0.2) is 0 Å². The minimum absolute atomic E-state index is 0.285. The molecule has 0 saturated heterocycles. The first-order valence-electron chi connectivity index (χ1n) is 3.72. The Morgan fingerprint density at radius 1 is 1.38 bits per heavy atom. The zero-order chi connectivity index (χ0) is 9.26. The van der Waals surface area contributed by atoms with Crippen LogP contribution in [0.1, 0.15) is 0 Å². The number of halogens is 2. The van der Waals surface area contributed by atoms with Gasteiger partial charge < -0.3 is 0 Å². The molecule has 4 heteroatoms. The molecule has 0 atom stereocenters. The van der Waals surface area contributed by atoms with Crippen molar-refractivity contribution in [1.82, 2.24) is 9.78 Å². The molecule has 0 unspecified atom stereocenters. The summed E-state index contributed by atoms with van der Waals surface area (Å²) in [6.45, 7) is 0. The second-order valence-electron chi connectivity index (χ2n) is 2.55. The van der Waals surface area contributed by atoms with E-state index >= 15 is 0 Å². The third-order valence-electron chi connectivity index (χ3n) is 1.66. The van der Waals surface area contributed by atoms with Crippen molar-refractivity contribution in [1.29, 1.82) is 0 Å². The fourth-order valence-electron chi connectivity index (χ4n) is 1.07. The fourth-order valence-corrected chi connectivity index (χ4v) is 1.42. The molecular weight excluding hydrogens is 235 g/mol. The van der Waals surface area contributed by atoms with Gasteiger partial charge in [0.1, 0.15) is 11.5 Å². The maximum atomic E-state index is 13.3. The third-order valence-corrected chi connectivity index (χ3v) is 2.15. The minimum Gasteiger partial charge on any atom is -0.238 e. The van der Waals surface area contributed by atoms with Crippen LogP contribution in [0.4, 0.5) is 4.39 Å². The number of nitrogens with zero attached hydrogens (tertiary/aromatic N) is 2. The fraction of sp³-hybridized carbons (Fsp3) is 0. The summed E-state index contributed by atoms with van der Waals surface area (Å²) in [5.41, 5.74) is 0.444. The van der Waals surface area contributed by atoms with Gasteiger partial charge in [-0.3, -0.25) is 0 Å². The van der Waals surface area contributed by atoms with Crippen molar-refractivity contribution in [3.05, 3.63) is 46.9 Å². The second kappa shape index (κ2) is 3.30. The molecule has 0 bridgehead atoms. The zero-order valence-corrected chi connectivity index (χ0v) is 8.20. The molecule has 1 heterocycles. The molecule has 1 aromatic carbocycles. The predicted molar refractivity (Wildman–Crippen MR) is 51.2 cm³/mol. The highest BCUT2D eigenvalue weighted by Gasteiger charge is 2.04. The van der Waals surface area contributed by atoms with E-state index in [9.17, 15) is 4.39 Å². The molecule has 13 heavy (non-hydrogen) atoms. The van der Waals surface area contributed by atoms with Gasteiger partial charge in [0.05, 0.1) is 0 Å². The predicted octanol–water partition coefficient (Wildman–Crippen LogP) is 2.77. The average Bonchev–Trinajstić information content (AvgIpc) is 2.61. The molecule has 2 aromatic rings. The van der Waals surface area contributed by atoms with Crippen LogP contribution in [0, 0.1) is 5.82 Å². The van der Waals surface area contributed by atoms with Crippen molar-refractivity contribution in [3.63, 3.8) is 0 Å². The largest absolute Gasteiger partial charge is 0.238 e. The van der Waals surface area contributed by atoms with Crippen LogP contribution in [-0.4, -0.2) is 9.78 Å². The first-order chi connectivity index (χ1) is 6.27. The summed E-state index contributed by atoms with van der Waals surface area (Å²) in [7, 11) is 0. The van der Waals surface area contributed by atoms with Gasteiger partial charge in [0.25, 0.3) is 0 Å². The molecule has 66 valence electrons. The van der Waals surface area contributed by atoms with Crippen molar-refractivity contribution in [3.8, 4) is 5.69 Å². The van der Waals surface area contributed by atoms with Crippen LogP contribution in [0.3, 0.4) is 0 Å². The van der Waals surface area contributed by atoms with E-state index in [1.165, 1.54) is 10.7 Å². The van der Waals surface area contributed by atoms with E-state index in [4.69, 9.17) is 0 Å². The zero-order valence-electron chi connectivity index (χ0n) is 6.61. The van der Waals surface area contributed by atoms with E-state index in [1.54, 1.807) is 30.6 Å². The third kappa shape index (κ3) is 1.62. The average molecular weight is 241 g/mol. The summed E-state index contributed by atoms with van der Waals surface area (Å²) in [6, 6.07) is 6.49. The first-order valence-corrected chi connectivity index (χ1v) is 4.52. The number of rotatable bonds is 1. The standard InChI is InChI=1S/C9H6BrFN2/c10-7-2-3-8(11)9(6-7)13-5-1-4-12-13/h1-6H. The van der Waals surface area contributed by atoms with Gasteiger partial charge in [-0.15, -0.1) is 0 Å². The van der Waals surface area contributed by atoms with E-state index < -0.39 is 0 Å². The van der Waals surface area contributed by atoms with Crippen molar-refractivity contribution >= 4 is 15.9 Å². The lowest BCUT2D eigenvalue weighted by atomic mass is 10.3. The van der Waals surface area contributed by atoms with E-state index in [2.05, 4.69) is 21.0 Å². The Bertz CT molecular complexity index is 412. The molecule has 0 aliphatic heterocycles. The summed E-state index contributed by atoms with van der Waals surface area (Å²) in [6.07, 6.45) is 3.31. The van der Waals surface area contributed by atoms with Gasteiger partial charge >= 0.3 is 0 Å². The van der Waals surface area contributed by atoms with Crippen molar-refractivity contribution in [2.75, 3.05) is 0 Å². The van der Waals surface area contributed by atoms with Gasteiger partial charge in [-0.25, -0.2) is 9.07 Å². The summed E-state index contributed by atoms with van der Waals surface area (Å²) in [5, 5.41) is 3.94. The maximum Gasteiger partial charge on any atom is 0.148 e. The van der Waals surface area contributed by atoms with Crippen LogP contribution < -0.4 is 0 Å². The number of benzene rings is 1. The Kier molecular flexibility index (Phi) is 2.14. The quantitative estimate of drug-likeness (QED) is 0.750. The number of hydrogen-bond acceptors (Lipinski definition) is 1. The highest BCUT2D eigenvalue weighted by atomic mass is 79.9. The molecule has 2 nitrogen and oxygen atoms in total. The van der Waals surface area contributed by atoms with Gasteiger partial charge in [-0.1, -0.05) is 15.9 Å². The van der Waals surface area contributed by atoms with Crippen LogP contribution in [-0.2, 0) is 0 Å². The van der Waals surface area contributed by atoms with Gasteiger partial charge in [0.2, 0.25) is 0 Å². The highest BCUT2D eigenvalue weighted by molar-refractivity contribution is 9.10. The number of aromatic nitrogens is 2. The topological polar surface area (TPSA) is 17.8 Å². The summed E-state index contributed by atoms with van der Waals surface area (Å²) in [4.78, 5) is 0. The Morgan fingerprint density at radius 3 is 2.92 bits per heavy atom. The van der Waals surface area contributed by atoms with Crippen molar-refractivity contribution in [2.24, 2.45) is 0 Å². The lowest BCUT2D eigenvalue weighted by molar-refractivity contribution is 0.610. The monoisotopic (exact) mass is 240 g/mol. The lowest BCUT2D eigenvalue weighted by Crippen LogP contribution is -1.97. The first kappa shape index (κ1) is 8.44. The van der Waals surface area contributed by atoms with Gasteiger partial charge in [-0.2, -0.15) is 5.10 Å². The summed E-state index contributed by atoms with van der Waals surface area (Å²) >= 11 is 3.27. The van der Waals surface area contributed by atoms with Crippen LogP contribution in [0.25, 0.3) is 5.69 Å². The van der Waals surface area contributed by atoms with Crippen molar-refractivity contribution in [2.45, 2.75) is 0 Å². The number of hydrogen-bond donors (Lipinski definition) is 0.